The lowest BCUT2D eigenvalue weighted by Gasteiger charge is -2.09. The fourth-order valence-electron chi connectivity index (χ4n) is 2.25. The van der Waals surface area contributed by atoms with Crippen LogP contribution in [-0.4, -0.2) is 32.7 Å². The van der Waals surface area contributed by atoms with Crippen molar-refractivity contribution < 1.29 is 13.2 Å². The fraction of sp³-hybridized carbons (Fsp3) is 0.357. The van der Waals surface area contributed by atoms with Gasteiger partial charge in [-0.15, -0.1) is 0 Å². The zero-order valence-electron chi connectivity index (χ0n) is 11.7. The molecule has 1 saturated heterocycles. The molecule has 8 heteroatoms. The number of anilines is 1. The van der Waals surface area contributed by atoms with Crippen LogP contribution in [0.5, 0.6) is 0 Å². The Morgan fingerprint density at radius 1 is 1.36 bits per heavy atom. The van der Waals surface area contributed by atoms with E-state index in [1.54, 1.807) is 18.2 Å². The van der Waals surface area contributed by atoms with E-state index < -0.39 is 9.84 Å². The number of nitrogens with one attached hydrogen (secondary N) is 1. The van der Waals surface area contributed by atoms with Crippen molar-refractivity contribution in [1.29, 1.82) is 0 Å². The third kappa shape index (κ3) is 3.27. The minimum atomic E-state index is -3.69. The van der Waals surface area contributed by atoms with E-state index in [1.807, 2.05) is 0 Å². The average molecular weight is 359 g/mol. The number of thiazole rings is 1. The first-order chi connectivity index (χ1) is 10.6. The molecule has 0 unspecified atom stereocenters. The Morgan fingerprint density at radius 2 is 2.14 bits per heavy atom. The summed E-state index contributed by atoms with van der Waals surface area (Å²) in [5.41, 5.74) is 0. The largest absolute Gasteiger partial charge is 0.376 e. The first kappa shape index (κ1) is 15.7. The van der Waals surface area contributed by atoms with E-state index in [-0.39, 0.29) is 20.4 Å². The zero-order chi connectivity index (χ0) is 15.6. The molecule has 0 radical (unpaired) electrons. The molecule has 0 aliphatic carbocycles. The average Bonchev–Trinajstić information content (AvgIpc) is 3.15. The number of benzene rings is 1. The molecule has 1 atom stereocenters. The maximum atomic E-state index is 12.5. The second kappa shape index (κ2) is 6.54. The van der Waals surface area contributed by atoms with Crippen LogP contribution in [0.3, 0.4) is 0 Å². The van der Waals surface area contributed by atoms with Gasteiger partial charge in [-0.1, -0.05) is 41.1 Å². The van der Waals surface area contributed by atoms with Gasteiger partial charge in [0.1, 0.15) is 4.34 Å². The molecule has 1 aliphatic heterocycles. The summed E-state index contributed by atoms with van der Waals surface area (Å²) in [6.45, 7) is 1.38. The Morgan fingerprint density at radius 3 is 2.82 bits per heavy atom. The molecule has 2 heterocycles. The van der Waals surface area contributed by atoms with Gasteiger partial charge in [-0.2, -0.15) is 0 Å². The molecule has 0 spiro atoms. The van der Waals surface area contributed by atoms with Crippen molar-refractivity contribution in [2.45, 2.75) is 28.9 Å². The second-order valence-electron chi connectivity index (χ2n) is 4.93. The topological polar surface area (TPSA) is 68.3 Å². The van der Waals surface area contributed by atoms with Gasteiger partial charge in [-0.3, -0.25) is 0 Å². The summed E-state index contributed by atoms with van der Waals surface area (Å²) in [7, 11) is -3.69. The van der Waals surface area contributed by atoms with Crippen molar-refractivity contribution in [3.05, 3.63) is 34.7 Å². The molecule has 2 aromatic rings. The van der Waals surface area contributed by atoms with Crippen LogP contribution < -0.4 is 5.32 Å². The summed E-state index contributed by atoms with van der Waals surface area (Å²) in [6.07, 6.45) is 2.21. The van der Waals surface area contributed by atoms with Crippen molar-refractivity contribution in [2.75, 3.05) is 18.5 Å². The lowest BCUT2D eigenvalue weighted by atomic mass is 10.2. The van der Waals surface area contributed by atoms with E-state index in [1.165, 1.54) is 12.1 Å². The standard InChI is InChI=1S/C14H15ClN2O3S2/c15-12-13(22(18,19)11-6-2-1-3-7-11)17-14(21-12)16-9-10-5-4-8-20-10/h1-3,6-7,10H,4-5,8-9H2,(H,16,17)/t10-/m1/s1. The van der Waals surface area contributed by atoms with Gasteiger partial charge in [-0.25, -0.2) is 13.4 Å². The third-order valence-corrected chi connectivity index (χ3v) is 6.52. The van der Waals surface area contributed by atoms with Crippen LogP contribution in [0, 0.1) is 0 Å². The summed E-state index contributed by atoms with van der Waals surface area (Å²) in [4.78, 5) is 4.34. The van der Waals surface area contributed by atoms with Crippen molar-refractivity contribution in [1.82, 2.24) is 4.98 Å². The molecule has 0 saturated carbocycles. The number of aromatic nitrogens is 1. The highest BCUT2D eigenvalue weighted by Gasteiger charge is 2.26. The van der Waals surface area contributed by atoms with E-state index in [4.69, 9.17) is 16.3 Å². The van der Waals surface area contributed by atoms with Gasteiger partial charge in [-0.05, 0) is 25.0 Å². The molecular weight excluding hydrogens is 344 g/mol. The SMILES string of the molecule is O=S(=O)(c1ccccc1)c1nc(NC[C@H]2CCCO2)sc1Cl. The molecule has 118 valence electrons. The van der Waals surface area contributed by atoms with Gasteiger partial charge in [0.25, 0.3) is 0 Å². The minimum Gasteiger partial charge on any atom is -0.376 e. The fourth-order valence-corrected chi connectivity index (χ4v) is 5.08. The summed E-state index contributed by atoms with van der Waals surface area (Å²) in [6, 6.07) is 8.17. The third-order valence-electron chi connectivity index (χ3n) is 3.37. The molecule has 1 aliphatic rings. The Bertz CT molecular complexity index is 741. The van der Waals surface area contributed by atoms with Crippen molar-refractivity contribution in [3.8, 4) is 0 Å². The van der Waals surface area contributed by atoms with Crippen molar-refractivity contribution in [3.63, 3.8) is 0 Å². The number of sulfone groups is 1. The van der Waals surface area contributed by atoms with Gasteiger partial charge in [0.2, 0.25) is 9.84 Å². The number of hydrogen-bond acceptors (Lipinski definition) is 6. The quantitative estimate of drug-likeness (QED) is 0.888. The number of nitrogens with zero attached hydrogens (tertiary/aromatic N) is 1. The zero-order valence-corrected chi connectivity index (χ0v) is 14.0. The molecule has 1 fully saturated rings. The van der Waals surface area contributed by atoms with E-state index in [0.717, 1.165) is 30.8 Å². The highest BCUT2D eigenvalue weighted by Crippen LogP contribution is 2.34. The van der Waals surface area contributed by atoms with Crippen LogP contribution in [0.2, 0.25) is 4.34 Å². The van der Waals surface area contributed by atoms with Gasteiger partial charge < -0.3 is 10.1 Å². The maximum absolute atomic E-state index is 12.5. The number of rotatable bonds is 5. The Balaban J connectivity index is 1.80. The summed E-state index contributed by atoms with van der Waals surface area (Å²) in [5.74, 6) is 0. The summed E-state index contributed by atoms with van der Waals surface area (Å²) < 4.78 is 30.7. The maximum Gasteiger partial charge on any atom is 0.226 e. The first-order valence-electron chi connectivity index (χ1n) is 6.89. The first-order valence-corrected chi connectivity index (χ1v) is 9.57. The predicted octanol–water partition coefficient (Wildman–Crippen LogP) is 3.22. The van der Waals surface area contributed by atoms with Gasteiger partial charge in [0.05, 0.1) is 11.0 Å². The highest BCUT2D eigenvalue weighted by atomic mass is 35.5. The smallest absolute Gasteiger partial charge is 0.226 e. The van der Waals surface area contributed by atoms with Gasteiger partial charge in [0.15, 0.2) is 10.2 Å². The minimum absolute atomic E-state index is 0.0970. The number of ether oxygens (including phenoxy) is 1. The molecule has 0 bridgehead atoms. The normalized spacial score (nSPS) is 18.5. The lowest BCUT2D eigenvalue weighted by Crippen LogP contribution is -2.18. The molecule has 22 heavy (non-hydrogen) atoms. The van der Waals surface area contributed by atoms with E-state index in [0.29, 0.717) is 11.7 Å². The van der Waals surface area contributed by atoms with Crippen molar-refractivity contribution in [2.24, 2.45) is 0 Å². The van der Waals surface area contributed by atoms with E-state index in [9.17, 15) is 8.42 Å². The predicted molar refractivity (Wildman–Crippen MR) is 86.5 cm³/mol. The number of hydrogen-bond donors (Lipinski definition) is 1. The summed E-state index contributed by atoms with van der Waals surface area (Å²) >= 11 is 7.21. The summed E-state index contributed by atoms with van der Waals surface area (Å²) in [5, 5.41) is 3.50. The van der Waals surface area contributed by atoms with Crippen LogP contribution in [0.1, 0.15) is 12.8 Å². The monoisotopic (exact) mass is 358 g/mol. The van der Waals surface area contributed by atoms with Gasteiger partial charge in [0, 0.05) is 13.2 Å². The molecule has 1 N–H and O–H groups in total. The van der Waals surface area contributed by atoms with E-state index >= 15 is 0 Å². The molecule has 1 aromatic heterocycles. The second-order valence-corrected chi connectivity index (χ2v) is 8.40. The molecule has 3 rings (SSSR count). The Kier molecular flexibility index (Phi) is 4.67. The Labute approximate surface area is 138 Å². The molecule has 1 aromatic carbocycles. The molecule has 5 nitrogen and oxygen atoms in total. The van der Waals surface area contributed by atoms with E-state index in [2.05, 4.69) is 10.3 Å². The highest BCUT2D eigenvalue weighted by molar-refractivity contribution is 7.91. The molecular formula is C14H15ClN2O3S2. The van der Waals surface area contributed by atoms with Crippen LogP contribution in [0.15, 0.2) is 40.3 Å². The van der Waals surface area contributed by atoms with Crippen LogP contribution >= 0.6 is 22.9 Å². The van der Waals surface area contributed by atoms with Crippen LogP contribution in [0.4, 0.5) is 5.13 Å². The van der Waals surface area contributed by atoms with Crippen LogP contribution in [0.25, 0.3) is 0 Å². The van der Waals surface area contributed by atoms with Crippen LogP contribution in [-0.2, 0) is 14.6 Å². The Hall–Kier alpha value is -1.15. The number of halogens is 1. The van der Waals surface area contributed by atoms with Gasteiger partial charge >= 0.3 is 0 Å². The lowest BCUT2D eigenvalue weighted by molar-refractivity contribution is 0.120. The molecule has 0 amide bonds. The van der Waals surface area contributed by atoms with Crippen molar-refractivity contribution >= 4 is 37.9 Å².